The minimum absolute atomic E-state index is 0.333. The molecule has 18 heavy (non-hydrogen) atoms. The third kappa shape index (κ3) is 2.44. The van der Waals surface area contributed by atoms with Crippen molar-refractivity contribution in [1.29, 1.82) is 0 Å². The molecule has 1 aliphatic heterocycles. The molecule has 0 bridgehead atoms. The average Bonchev–Trinajstić information content (AvgIpc) is 2.82. The van der Waals surface area contributed by atoms with Crippen LogP contribution in [-0.2, 0) is 0 Å². The zero-order valence-corrected chi connectivity index (χ0v) is 11.6. The first-order valence-corrected chi connectivity index (χ1v) is 8.17. The lowest BCUT2D eigenvalue weighted by molar-refractivity contribution is 0.396. The summed E-state index contributed by atoms with van der Waals surface area (Å²) in [5.41, 5.74) is 5.95. The Labute approximate surface area is 114 Å². The van der Waals surface area contributed by atoms with E-state index in [4.69, 9.17) is 5.84 Å². The fraction of sp³-hybridized carbons (Fsp3) is 0.600. The van der Waals surface area contributed by atoms with Crippen LogP contribution in [0.4, 0.5) is 0 Å². The van der Waals surface area contributed by atoms with Crippen molar-refractivity contribution in [2.75, 3.05) is 11.5 Å². The SMILES string of the molecule is NNC(c1cccc(C2CCC2)c1)C1CCSC1. The van der Waals surface area contributed by atoms with Crippen molar-refractivity contribution in [3.63, 3.8) is 0 Å². The molecule has 0 aromatic heterocycles. The molecule has 2 atom stereocenters. The minimum Gasteiger partial charge on any atom is -0.271 e. The fourth-order valence-corrected chi connectivity index (χ4v) is 4.37. The summed E-state index contributed by atoms with van der Waals surface area (Å²) in [6.45, 7) is 0. The van der Waals surface area contributed by atoms with E-state index < -0.39 is 0 Å². The Morgan fingerprint density at radius 1 is 1.28 bits per heavy atom. The van der Waals surface area contributed by atoms with E-state index in [0.717, 1.165) is 5.92 Å². The molecule has 1 saturated heterocycles. The van der Waals surface area contributed by atoms with Gasteiger partial charge in [0.15, 0.2) is 0 Å². The number of thioether (sulfide) groups is 1. The lowest BCUT2D eigenvalue weighted by atomic mass is 9.79. The number of hydrogen-bond donors (Lipinski definition) is 2. The van der Waals surface area contributed by atoms with E-state index in [1.165, 1.54) is 48.3 Å². The highest BCUT2D eigenvalue weighted by molar-refractivity contribution is 7.99. The number of benzene rings is 1. The second-order valence-corrected chi connectivity index (χ2v) is 6.72. The smallest absolute Gasteiger partial charge is 0.0496 e. The van der Waals surface area contributed by atoms with Crippen molar-refractivity contribution in [2.24, 2.45) is 11.8 Å². The lowest BCUT2D eigenvalue weighted by Crippen LogP contribution is -2.33. The number of nitrogens with two attached hydrogens (primary N) is 1. The molecular formula is C15H22N2S. The van der Waals surface area contributed by atoms with Crippen LogP contribution in [0.25, 0.3) is 0 Å². The van der Waals surface area contributed by atoms with Gasteiger partial charge in [0.2, 0.25) is 0 Å². The number of rotatable bonds is 4. The van der Waals surface area contributed by atoms with Gasteiger partial charge in [-0.05, 0) is 53.7 Å². The van der Waals surface area contributed by atoms with Gasteiger partial charge in [0, 0.05) is 6.04 Å². The van der Waals surface area contributed by atoms with Gasteiger partial charge in [0.1, 0.15) is 0 Å². The molecule has 1 heterocycles. The van der Waals surface area contributed by atoms with Gasteiger partial charge in [-0.2, -0.15) is 11.8 Å². The largest absolute Gasteiger partial charge is 0.271 e. The van der Waals surface area contributed by atoms with Gasteiger partial charge in [-0.3, -0.25) is 11.3 Å². The molecule has 3 rings (SSSR count). The Morgan fingerprint density at radius 3 is 2.78 bits per heavy atom. The van der Waals surface area contributed by atoms with E-state index in [2.05, 4.69) is 41.5 Å². The van der Waals surface area contributed by atoms with Crippen LogP contribution in [-0.4, -0.2) is 11.5 Å². The summed E-state index contributed by atoms with van der Waals surface area (Å²) in [4.78, 5) is 0. The van der Waals surface area contributed by atoms with E-state index >= 15 is 0 Å². The highest BCUT2D eigenvalue weighted by Crippen LogP contribution is 2.39. The molecule has 2 fully saturated rings. The van der Waals surface area contributed by atoms with Gasteiger partial charge in [-0.15, -0.1) is 0 Å². The summed E-state index contributed by atoms with van der Waals surface area (Å²) in [7, 11) is 0. The Balaban J connectivity index is 1.80. The highest BCUT2D eigenvalue weighted by atomic mass is 32.2. The molecule has 1 aromatic rings. The van der Waals surface area contributed by atoms with Crippen LogP contribution >= 0.6 is 11.8 Å². The summed E-state index contributed by atoms with van der Waals surface area (Å²) in [6.07, 6.45) is 5.41. The Kier molecular flexibility index (Phi) is 3.92. The number of nitrogens with one attached hydrogen (secondary N) is 1. The van der Waals surface area contributed by atoms with E-state index in [1.807, 2.05) is 0 Å². The van der Waals surface area contributed by atoms with Crippen LogP contribution in [0, 0.1) is 5.92 Å². The molecule has 2 aliphatic rings. The fourth-order valence-electron chi connectivity index (χ4n) is 3.07. The van der Waals surface area contributed by atoms with Gasteiger partial charge < -0.3 is 0 Å². The summed E-state index contributed by atoms with van der Waals surface area (Å²) in [5.74, 6) is 9.82. The molecule has 1 aromatic carbocycles. The molecule has 1 aliphatic carbocycles. The molecule has 2 nitrogen and oxygen atoms in total. The number of hydrazine groups is 1. The van der Waals surface area contributed by atoms with Gasteiger partial charge in [0.25, 0.3) is 0 Å². The van der Waals surface area contributed by atoms with Crippen molar-refractivity contribution in [2.45, 2.75) is 37.6 Å². The molecule has 0 radical (unpaired) electrons. The lowest BCUT2D eigenvalue weighted by Gasteiger charge is -2.28. The van der Waals surface area contributed by atoms with Crippen LogP contribution in [0.1, 0.15) is 48.8 Å². The van der Waals surface area contributed by atoms with Crippen molar-refractivity contribution in [3.05, 3.63) is 35.4 Å². The topological polar surface area (TPSA) is 38.0 Å². The zero-order chi connectivity index (χ0) is 12.4. The molecule has 2 unspecified atom stereocenters. The summed E-state index contributed by atoms with van der Waals surface area (Å²) in [6, 6.07) is 9.44. The van der Waals surface area contributed by atoms with Gasteiger partial charge in [0.05, 0.1) is 0 Å². The molecule has 3 N–H and O–H groups in total. The van der Waals surface area contributed by atoms with E-state index in [0.29, 0.717) is 12.0 Å². The monoisotopic (exact) mass is 262 g/mol. The van der Waals surface area contributed by atoms with Crippen molar-refractivity contribution < 1.29 is 0 Å². The third-order valence-corrected chi connectivity index (χ3v) is 5.65. The minimum atomic E-state index is 0.333. The first kappa shape index (κ1) is 12.5. The quantitative estimate of drug-likeness (QED) is 0.646. The van der Waals surface area contributed by atoms with Crippen molar-refractivity contribution in [3.8, 4) is 0 Å². The maximum Gasteiger partial charge on any atom is 0.0496 e. The second-order valence-electron chi connectivity index (χ2n) is 5.57. The third-order valence-electron chi connectivity index (χ3n) is 4.46. The Morgan fingerprint density at radius 2 is 2.17 bits per heavy atom. The molecule has 1 saturated carbocycles. The second kappa shape index (κ2) is 5.64. The maximum atomic E-state index is 5.80. The zero-order valence-electron chi connectivity index (χ0n) is 10.8. The molecule has 98 valence electrons. The Hall–Kier alpha value is -0.510. The summed E-state index contributed by atoms with van der Waals surface area (Å²) >= 11 is 2.05. The molecule has 3 heteroatoms. The maximum absolute atomic E-state index is 5.80. The first-order valence-electron chi connectivity index (χ1n) is 7.02. The Bertz CT molecular complexity index is 397. The van der Waals surface area contributed by atoms with Crippen molar-refractivity contribution >= 4 is 11.8 Å². The predicted molar refractivity (Wildman–Crippen MR) is 78.5 cm³/mol. The van der Waals surface area contributed by atoms with Gasteiger partial charge in [-0.25, -0.2) is 0 Å². The van der Waals surface area contributed by atoms with E-state index in [9.17, 15) is 0 Å². The normalized spacial score (nSPS) is 25.9. The van der Waals surface area contributed by atoms with Crippen LogP contribution in [0.5, 0.6) is 0 Å². The molecule has 0 amide bonds. The summed E-state index contributed by atoms with van der Waals surface area (Å²) < 4.78 is 0. The standard InChI is InChI=1S/C15H22N2S/c16-17-15(14-7-8-18-10-14)13-6-2-5-12(9-13)11-3-1-4-11/h2,5-6,9,11,14-15,17H,1,3-4,7-8,10,16H2. The molecular weight excluding hydrogens is 240 g/mol. The van der Waals surface area contributed by atoms with Crippen LogP contribution in [0.15, 0.2) is 24.3 Å². The summed E-state index contributed by atoms with van der Waals surface area (Å²) in [5, 5.41) is 0. The number of hydrogen-bond acceptors (Lipinski definition) is 3. The molecule has 0 spiro atoms. The van der Waals surface area contributed by atoms with Gasteiger partial charge >= 0.3 is 0 Å². The average molecular weight is 262 g/mol. The van der Waals surface area contributed by atoms with Crippen LogP contribution in [0.3, 0.4) is 0 Å². The van der Waals surface area contributed by atoms with E-state index in [1.54, 1.807) is 0 Å². The van der Waals surface area contributed by atoms with Crippen molar-refractivity contribution in [1.82, 2.24) is 5.43 Å². The highest BCUT2D eigenvalue weighted by Gasteiger charge is 2.27. The van der Waals surface area contributed by atoms with Crippen LogP contribution < -0.4 is 11.3 Å². The van der Waals surface area contributed by atoms with Gasteiger partial charge in [-0.1, -0.05) is 30.7 Å². The first-order chi connectivity index (χ1) is 8.88. The van der Waals surface area contributed by atoms with E-state index in [-0.39, 0.29) is 0 Å². The predicted octanol–water partition coefficient (Wildman–Crippen LogP) is 3.21. The van der Waals surface area contributed by atoms with Crippen LogP contribution in [0.2, 0.25) is 0 Å².